The van der Waals surface area contributed by atoms with Gasteiger partial charge in [0.25, 0.3) is 5.91 Å². The first kappa shape index (κ1) is 13.7. The molecule has 7 heteroatoms. The molecule has 1 aromatic carbocycles. The molecule has 0 unspecified atom stereocenters. The molecule has 1 aliphatic heterocycles. The zero-order valence-electron chi connectivity index (χ0n) is 12.5. The van der Waals surface area contributed by atoms with Gasteiger partial charge in [-0.3, -0.25) is 9.89 Å². The number of rotatable bonds is 4. The lowest BCUT2D eigenvalue weighted by molar-refractivity contribution is 0.102. The van der Waals surface area contributed by atoms with E-state index >= 15 is 0 Å². The quantitative estimate of drug-likeness (QED) is 0.769. The van der Waals surface area contributed by atoms with Crippen molar-refractivity contribution in [3.8, 4) is 0 Å². The molecule has 2 aromatic heterocycles. The molecule has 0 spiro atoms. The molecule has 7 nitrogen and oxygen atoms in total. The zero-order valence-corrected chi connectivity index (χ0v) is 12.5. The number of nitrogens with one attached hydrogen (secondary N) is 2. The van der Waals surface area contributed by atoms with Gasteiger partial charge in [0.05, 0.1) is 0 Å². The minimum absolute atomic E-state index is 0.203. The molecule has 0 saturated carbocycles. The van der Waals surface area contributed by atoms with Crippen molar-refractivity contribution in [2.45, 2.75) is 25.8 Å². The molecule has 116 valence electrons. The Balaban J connectivity index is 1.44. The molecule has 1 aliphatic rings. The average molecular weight is 308 g/mol. The molecule has 0 bridgehead atoms. The van der Waals surface area contributed by atoms with Gasteiger partial charge in [0, 0.05) is 31.3 Å². The first-order chi connectivity index (χ1) is 11.3. The van der Waals surface area contributed by atoms with E-state index in [-0.39, 0.29) is 5.91 Å². The Bertz CT molecular complexity index is 819. The van der Waals surface area contributed by atoms with Crippen LogP contribution in [0, 0.1) is 0 Å². The molecule has 0 fully saturated rings. The van der Waals surface area contributed by atoms with E-state index in [1.165, 1.54) is 0 Å². The van der Waals surface area contributed by atoms with Gasteiger partial charge in [0.15, 0.2) is 0 Å². The molecule has 0 radical (unpaired) electrons. The average Bonchev–Trinajstić information content (AvgIpc) is 3.27. The Labute approximate surface area is 132 Å². The van der Waals surface area contributed by atoms with Crippen molar-refractivity contribution in [2.75, 3.05) is 5.32 Å². The monoisotopic (exact) mass is 308 g/mol. The van der Waals surface area contributed by atoms with Gasteiger partial charge in [-0.15, -0.1) is 10.2 Å². The maximum absolute atomic E-state index is 11.9. The van der Waals surface area contributed by atoms with Crippen molar-refractivity contribution >= 4 is 11.6 Å². The fourth-order valence-corrected chi connectivity index (χ4v) is 2.81. The number of nitrogens with zero attached hydrogens (tertiary/aromatic N) is 4. The number of aromatic amines is 1. The van der Waals surface area contributed by atoms with Crippen LogP contribution < -0.4 is 5.32 Å². The number of hydrogen-bond acceptors (Lipinski definition) is 4. The summed E-state index contributed by atoms with van der Waals surface area (Å²) in [7, 11) is 0. The molecule has 0 atom stereocenters. The highest BCUT2D eigenvalue weighted by Gasteiger charge is 2.17. The van der Waals surface area contributed by atoms with Gasteiger partial charge in [-0.2, -0.15) is 5.10 Å². The van der Waals surface area contributed by atoms with E-state index in [1.807, 2.05) is 24.3 Å². The van der Waals surface area contributed by atoms with Crippen LogP contribution in [0.2, 0.25) is 0 Å². The Hall–Kier alpha value is -2.96. The zero-order chi connectivity index (χ0) is 15.6. The standard InChI is InChI=1S/C16H16N6O/c23-16(13-7-8-17-19-13)18-12-5-3-11(4-6-12)10-15-21-20-14-2-1-9-22(14)15/h3-8H,1-2,9-10H2,(H,17,19)(H,18,23). The van der Waals surface area contributed by atoms with E-state index in [0.717, 1.165) is 48.7 Å². The number of amides is 1. The maximum Gasteiger partial charge on any atom is 0.273 e. The van der Waals surface area contributed by atoms with Crippen LogP contribution >= 0.6 is 0 Å². The second kappa shape index (κ2) is 5.68. The number of carbonyl (C=O) groups excluding carboxylic acids is 1. The maximum atomic E-state index is 11.9. The molecule has 1 amide bonds. The van der Waals surface area contributed by atoms with Crippen molar-refractivity contribution in [1.82, 2.24) is 25.0 Å². The van der Waals surface area contributed by atoms with Gasteiger partial charge < -0.3 is 9.88 Å². The number of anilines is 1. The topological polar surface area (TPSA) is 88.5 Å². The minimum Gasteiger partial charge on any atom is -0.321 e. The highest BCUT2D eigenvalue weighted by atomic mass is 16.1. The molecule has 2 N–H and O–H groups in total. The van der Waals surface area contributed by atoms with Crippen LogP contribution in [0.3, 0.4) is 0 Å². The predicted molar refractivity (Wildman–Crippen MR) is 84.1 cm³/mol. The van der Waals surface area contributed by atoms with Gasteiger partial charge in [-0.05, 0) is 30.2 Å². The molecular weight excluding hydrogens is 292 g/mol. The Morgan fingerprint density at radius 2 is 2.09 bits per heavy atom. The summed E-state index contributed by atoms with van der Waals surface area (Å²) in [6.07, 6.45) is 4.47. The molecule has 4 rings (SSSR count). The lowest BCUT2D eigenvalue weighted by Crippen LogP contribution is -2.12. The minimum atomic E-state index is -0.203. The lowest BCUT2D eigenvalue weighted by Gasteiger charge is -2.06. The van der Waals surface area contributed by atoms with E-state index in [9.17, 15) is 4.79 Å². The number of hydrogen-bond donors (Lipinski definition) is 2. The summed E-state index contributed by atoms with van der Waals surface area (Å²) in [5.41, 5.74) is 2.33. The molecular formula is C16H16N6O. The number of carbonyl (C=O) groups is 1. The molecule has 3 heterocycles. The van der Waals surface area contributed by atoms with Gasteiger partial charge in [0.1, 0.15) is 17.3 Å². The van der Waals surface area contributed by atoms with Crippen LogP contribution in [0.1, 0.15) is 34.1 Å². The van der Waals surface area contributed by atoms with E-state index in [4.69, 9.17) is 0 Å². The van der Waals surface area contributed by atoms with E-state index in [2.05, 4.69) is 30.3 Å². The van der Waals surface area contributed by atoms with Crippen molar-refractivity contribution < 1.29 is 4.79 Å². The van der Waals surface area contributed by atoms with Crippen LogP contribution in [-0.4, -0.2) is 30.9 Å². The van der Waals surface area contributed by atoms with Crippen LogP contribution in [0.4, 0.5) is 5.69 Å². The van der Waals surface area contributed by atoms with Crippen LogP contribution in [-0.2, 0) is 19.4 Å². The number of H-pyrrole nitrogens is 1. The lowest BCUT2D eigenvalue weighted by atomic mass is 10.1. The SMILES string of the molecule is O=C(Nc1ccc(Cc2nnc3n2CCC3)cc1)c1ccn[nH]1. The smallest absolute Gasteiger partial charge is 0.273 e. The predicted octanol–water partition coefficient (Wildman–Crippen LogP) is 1.79. The number of fused-ring (bicyclic) bond motifs is 1. The Morgan fingerprint density at radius 3 is 2.87 bits per heavy atom. The summed E-state index contributed by atoms with van der Waals surface area (Å²) in [5.74, 6) is 1.89. The third kappa shape index (κ3) is 2.73. The number of benzene rings is 1. The van der Waals surface area contributed by atoms with Crippen molar-refractivity contribution in [3.63, 3.8) is 0 Å². The first-order valence-corrected chi connectivity index (χ1v) is 7.60. The van der Waals surface area contributed by atoms with E-state index in [1.54, 1.807) is 12.3 Å². The summed E-state index contributed by atoms with van der Waals surface area (Å²) >= 11 is 0. The highest BCUT2D eigenvalue weighted by Crippen LogP contribution is 2.18. The summed E-state index contributed by atoms with van der Waals surface area (Å²) < 4.78 is 2.20. The van der Waals surface area contributed by atoms with E-state index < -0.39 is 0 Å². The molecule has 3 aromatic rings. The van der Waals surface area contributed by atoms with Crippen molar-refractivity contribution in [2.24, 2.45) is 0 Å². The summed E-state index contributed by atoms with van der Waals surface area (Å²) in [4.78, 5) is 11.9. The fourth-order valence-electron chi connectivity index (χ4n) is 2.81. The fraction of sp³-hybridized carbons (Fsp3) is 0.250. The second-order valence-corrected chi connectivity index (χ2v) is 5.59. The van der Waals surface area contributed by atoms with Crippen LogP contribution in [0.25, 0.3) is 0 Å². The molecule has 23 heavy (non-hydrogen) atoms. The van der Waals surface area contributed by atoms with Crippen molar-refractivity contribution in [3.05, 3.63) is 59.4 Å². The van der Waals surface area contributed by atoms with E-state index in [0.29, 0.717) is 5.69 Å². The summed E-state index contributed by atoms with van der Waals surface area (Å²) in [6.45, 7) is 1.01. The van der Waals surface area contributed by atoms with Gasteiger partial charge in [0.2, 0.25) is 0 Å². The molecule has 0 saturated heterocycles. The number of aromatic nitrogens is 5. The third-order valence-corrected chi connectivity index (χ3v) is 4.01. The summed E-state index contributed by atoms with van der Waals surface area (Å²) in [5, 5.41) is 17.7. The van der Waals surface area contributed by atoms with Crippen LogP contribution in [0.5, 0.6) is 0 Å². The molecule has 0 aliphatic carbocycles. The van der Waals surface area contributed by atoms with Gasteiger partial charge in [-0.1, -0.05) is 12.1 Å². The second-order valence-electron chi connectivity index (χ2n) is 5.59. The van der Waals surface area contributed by atoms with Crippen LogP contribution in [0.15, 0.2) is 36.5 Å². The van der Waals surface area contributed by atoms with Gasteiger partial charge in [-0.25, -0.2) is 0 Å². The van der Waals surface area contributed by atoms with Crippen molar-refractivity contribution in [1.29, 1.82) is 0 Å². The normalized spacial score (nSPS) is 13.0. The first-order valence-electron chi connectivity index (χ1n) is 7.60. The number of aryl methyl sites for hydroxylation is 1. The largest absolute Gasteiger partial charge is 0.321 e. The van der Waals surface area contributed by atoms with Gasteiger partial charge >= 0.3 is 0 Å². The Kier molecular flexibility index (Phi) is 3.38. The Morgan fingerprint density at radius 1 is 1.22 bits per heavy atom. The summed E-state index contributed by atoms with van der Waals surface area (Å²) in [6, 6.07) is 9.42. The third-order valence-electron chi connectivity index (χ3n) is 4.01. The highest BCUT2D eigenvalue weighted by molar-refractivity contribution is 6.02.